The minimum Gasteiger partial charge on any atom is -0.497 e. The summed E-state index contributed by atoms with van der Waals surface area (Å²) in [5, 5.41) is 16.0. The van der Waals surface area contributed by atoms with E-state index in [4.69, 9.17) is 26.8 Å². The number of ether oxygens (including phenoxy) is 2. The van der Waals surface area contributed by atoms with Gasteiger partial charge in [0, 0.05) is 17.3 Å². The van der Waals surface area contributed by atoms with E-state index in [1.807, 2.05) is 18.2 Å². The van der Waals surface area contributed by atoms with Crippen LogP contribution >= 0.6 is 12.2 Å². The minimum absolute atomic E-state index is 0.299. The minimum atomic E-state index is -1.05. The molecule has 0 aliphatic heterocycles. The molecule has 0 radical (unpaired) electrons. The van der Waals surface area contributed by atoms with E-state index in [0.29, 0.717) is 22.2 Å². The Morgan fingerprint density at radius 1 is 1.28 bits per heavy atom. The van der Waals surface area contributed by atoms with Gasteiger partial charge in [-0.3, -0.25) is 5.43 Å². The fourth-order valence-electron chi connectivity index (χ4n) is 1.88. The van der Waals surface area contributed by atoms with Crippen molar-refractivity contribution in [1.29, 1.82) is 0 Å². The molecule has 8 heteroatoms. The van der Waals surface area contributed by atoms with Gasteiger partial charge in [-0.1, -0.05) is 18.2 Å². The van der Waals surface area contributed by atoms with Gasteiger partial charge < -0.3 is 19.9 Å². The van der Waals surface area contributed by atoms with E-state index in [9.17, 15) is 4.79 Å². The Balaban J connectivity index is 1.94. The maximum absolute atomic E-state index is 10.6. The van der Waals surface area contributed by atoms with E-state index in [0.717, 1.165) is 5.69 Å². The fraction of sp³-hybridized carbons (Fsp3) is 0.118. The second-order valence-electron chi connectivity index (χ2n) is 4.78. The molecule has 0 fully saturated rings. The van der Waals surface area contributed by atoms with Crippen molar-refractivity contribution in [2.75, 3.05) is 19.0 Å². The smallest absolute Gasteiger partial charge is 0.341 e. The van der Waals surface area contributed by atoms with Crippen LogP contribution in [-0.2, 0) is 4.79 Å². The number of hydrogen-bond acceptors (Lipinski definition) is 5. The summed E-state index contributed by atoms with van der Waals surface area (Å²) in [6.07, 6.45) is 1.50. The first-order chi connectivity index (χ1) is 12.1. The second kappa shape index (κ2) is 9.24. The number of carbonyl (C=O) groups is 1. The Morgan fingerprint density at radius 2 is 2.08 bits per heavy atom. The van der Waals surface area contributed by atoms with Crippen molar-refractivity contribution in [3.8, 4) is 11.5 Å². The molecule has 0 saturated carbocycles. The molecule has 2 rings (SSSR count). The van der Waals surface area contributed by atoms with Crippen molar-refractivity contribution in [2.45, 2.75) is 0 Å². The number of carboxylic acid groups (broad SMARTS) is 1. The average molecular weight is 359 g/mol. The van der Waals surface area contributed by atoms with E-state index >= 15 is 0 Å². The summed E-state index contributed by atoms with van der Waals surface area (Å²) in [6, 6.07) is 14.3. The molecule has 7 nitrogen and oxygen atoms in total. The van der Waals surface area contributed by atoms with Crippen LogP contribution in [0.2, 0.25) is 0 Å². The van der Waals surface area contributed by atoms with Gasteiger partial charge in [0.05, 0.1) is 13.3 Å². The van der Waals surface area contributed by atoms with Crippen molar-refractivity contribution in [1.82, 2.24) is 5.43 Å². The highest BCUT2D eigenvalue weighted by Gasteiger charge is 2.03. The third-order valence-electron chi connectivity index (χ3n) is 2.97. The molecular weight excluding hydrogens is 342 g/mol. The third-order valence-corrected chi connectivity index (χ3v) is 3.16. The van der Waals surface area contributed by atoms with Crippen molar-refractivity contribution in [3.05, 3.63) is 54.1 Å². The number of thiocarbonyl (C=S) groups is 1. The molecule has 0 saturated heterocycles. The molecule has 3 N–H and O–H groups in total. The van der Waals surface area contributed by atoms with E-state index in [2.05, 4.69) is 15.8 Å². The van der Waals surface area contributed by atoms with Crippen LogP contribution in [0, 0.1) is 0 Å². The average Bonchev–Trinajstić information content (AvgIpc) is 2.61. The van der Waals surface area contributed by atoms with Gasteiger partial charge in [0.25, 0.3) is 0 Å². The number of para-hydroxylation sites is 1. The summed E-state index contributed by atoms with van der Waals surface area (Å²) in [7, 11) is 1.59. The number of nitrogens with one attached hydrogen (secondary N) is 2. The number of anilines is 1. The maximum Gasteiger partial charge on any atom is 0.341 e. The second-order valence-corrected chi connectivity index (χ2v) is 5.18. The van der Waals surface area contributed by atoms with Gasteiger partial charge in [-0.15, -0.1) is 0 Å². The number of methoxy groups -OCH3 is 1. The first-order valence-corrected chi connectivity index (χ1v) is 7.67. The number of aliphatic carboxylic acids is 1. The molecule has 130 valence electrons. The Bertz CT molecular complexity index is 780. The molecule has 0 aliphatic rings. The molecule has 25 heavy (non-hydrogen) atoms. The van der Waals surface area contributed by atoms with Crippen molar-refractivity contribution in [3.63, 3.8) is 0 Å². The lowest BCUT2D eigenvalue weighted by molar-refractivity contribution is -0.139. The zero-order valence-corrected chi connectivity index (χ0v) is 14.2. The molecule has 0 heterocycles. The van der Waals surface area contributed by atoms with Crippen molar-refractivity contribution in [2.24, 2.45) is 5.10 Å². The van der Waals surface area contributed by atoms with Crippen LogP contribution in [0.3, 0.4) is 0 Å². The standard InChI is InChI=1S/C17H17N3O4S/c1-23-14-7-4-6-13(9-14)19-17(25)20-18-10-12-5-2-3-8-15(12)24-11-16(21)22/h2-10H,11H2,1H3,(H,21,22)(H2,19,20,25)/b18-10-. The highest BCUT2D eigenvalue weighted by molar-refractivity contribution is 7.80. The zero-order chi connectivity index (χ0) is 18.1. The van der Waals surface area contributed by atoms with Gasteiger partial charge in [0.15, 0.2) is 11.7 Å². The topological polar surface area (TPSA) is 92.2 Å². The van der Waals surface area contributed by atoms with Gasteiger partial charge in [-0.2, -0.15) is 5.10 Å². The number of hydrogen-bond donors (Lipinski definition) is 3. The van der Waals surface area contributed by atoms with Gasteiger partial charge in [0.1, 0.15) is 11.5 Å². The Hall–Kier alpha value is -3.13. The van der Waals surface area contributed by atoms with E-state index in [1.165, 1.54) is 6.21 Å². The van der Waals surface area contributed by atoms with E-state index < -0.39 is 12.6 Å². The molecule has 0 aliphatic carbocycles. The molecule has 2 aromatic rings. The highest BCUT2D eigenvalue weighted by atomic mass is 32.1. The number of benzene rings is 2. The van der Waals surface area contributed by atoms with E-state index in [1.54, 1.807) is 37.4 Å². The summed E-state index contributed by atoms with van der Waals surface area (Å²) >= 11 is 5.16. The lowest BCUT2D eigenvalue weighted by Gasteiger charge is -2.09. The lowest BCUT2D eigenvalue weighted by Crippen LogP contribution is -2.23. The number of hydrazone groups is 1. The summed E-state index contributed by atoms with van der Waals surface area (Å²) < 4.78 is 10.3. The summed E-state index contributed by atoms with van der Waals surface area (Å²) in [5.74, 6) is 0.0801. The van der Waals surface area contributed by atoms with Crippen LogP contribution in [0.1, 0.15) is 5.56 Å². The quantitative estimate of drug-likeness (QED) is 0.397. The van der Waals surface area contributed by atoms with Gasteiger partial charge in [-0.05, 0) is 36.5 Å². The lowest BCUT2D eigenvalue weighted by atomic mass is 10.2. The predicted octanol–water partition coefficient (Wildman–Crippen LogP) is 2.48. The summed E-state index contributed by atoms with van der Waals surface area (Å²) in [4.78, 5) is 10.6. The SMILES string of the molecule is COc1cccc(NC(=S)N/N=C\c2ccccc2OCC(=O)O)c1. The molecule has 0 bridgehead atoms. The molecule has 0 aromatic heterocycles. The van der Waals surface area contributed by atoms with E-state index in [-0.39, 0.29) is 0 Å². The number of nitrogens with zero attached hydrogens (tertiary/aromatic N) is 1. The molecular formula is C17H17N3O4S. The van der Waals surface area contributed by atoms with Crippen molar-refractivity contribution < 1.29 is 19.4 Å². The van der Waals surface area contributed by atoms with Crippen LogP contribution < -0.4 is 20.2 Å². The Labute approximate surface area is 150 Å². The highest BCUT2D eigenvalue weighted by Crippen LogP contribution is 2.17. The molecule has 2 aromatic carbocycles. The number of rotatable bonds is 7. The predicted molar refractivity (Wildman–Crippen MR) is 99.5 cm³/mol. The third kappa shape index (κ3) is 6.11. The van der Waals surface area contributed by atoms with Gasteiger partial charge >= 0.3 is 5.97 Å². The van der Waals surface area contributed by atoms with Crippen LogP contribution in [-0.4, -0.2) is 36.1 Å². The first-order valence-electron chi connectivity index (χ1n) is 7.26. The molecule has 0 amide bonds. The first kappa shape index (κ1) is 18.2. The summed E-state index contributed by atoms with van der Waals surface area (Å²) in [6.45, 7) is -0.423. The van der Waals surface area contributed by atoms with Gasteiger partial charge in [-0.25, -0.2) is 4.79 Å². The van der Waals surface area contributed by atoms with Crippen molar-refractivity contribution >= 4 is 35.2 Å². The Kier molecular flexibility index (Phi) is 6.73. The number of carboxylic acids is 1. The monoisotopic (exact) mass is 359 g/mol. The normalized spacial score (nSPS) is 10.3. The van der Waals surface area contributed by atoms with Gasteiger partial charge in [0.2, 0.25) is 0 Å². The zero-order valence-electron chi connectivity index (χ0n) is 13.4. The van der Waals surface area contributed by atoms with Crippen LogP contribution in [0.5, 0.6) is 11.5 Å². The van der Waals surface area contributed by atoms with Crippen LogP contribution in [0.25, 0.3) is 0 Å². The molecule has 0 unspecified atom stereocenters. The van der Waals surface area contributed by atoms with Crippen LogP contribution in [0.15, 0.2) is 53.6 Å². The van der Waals surface area contributed by atoms with Crippen LogP contribution in [0.4, 0.5) is 5.69 Å². The Morgan fingerprint density at radius 3 is 2.84 bits per heavy atom. The molecule has 0 atom stereocenters. The largest absolute Gasteiger partial charge is 0.497 e. The fourth-order valence-corrected chi connectivity index (χ4v) is 2.05. The maximum atomic E-state index is 10.6. The summed E-state index contributed by atoms with van der Waals surface area (Å²) in [5.41, 5.74) is 4.07. The molecule has 0 spiro atoms.